The molecule has 268 valence electrons. The predicted octanol–water partition coefficient (Wildman–Crippen LogP) is 8.88. The van der Waals surface area contributed by atoms with Gasteiger partial charge in [0.1, 0.15) is 55.4 Å². The minimum absolute atomic E-state index is 0.152. The van der Waals surface area contributed by atoms with E-state index < -0.39 is 47.1 Å². The van der Waals surface area contributed by atoms with Gasteiger partial charge in [0.2, 0.25) is 0 Å². The van der Waals surface area contributed by atoms with Gasteiger partial charge in [-0.2, -0.15) is 0 Å². The van der Waals surface area contributed by atoms with E-state index in [9.17, 15) is 30.9 Å². The van der Waals surface area contributed by atoms with E-state index >= 15 is 0 Å². The second-order valence-corrected chi connectivity index (χ2v) is 10.0. The average molecular weight is 695 g/mol. The topological polar surface area (TPSA) is 64.6 Å². The van der Waals surface area contributed by atoms with Crippen LogP contribution in [-0.4, -0.2) is 59.5 Å². The van der Waals surface area contributed by atoms with Crippen molar-refractivity contribution in [3.8, 4) is 34.1 Å². The number of alkyl halides is 1. The molecule has 0 spiro atoms. The summed E-state index contributed by atoms with van der Waals surface area (Å²) in [6.45, 7) is 8.33. The van der Waals surface area contributed by atoms with E-state index in [2.05, 4.69) is 4.94 Å². The molecule has 0 unspecified atom stereocenters. The van der Waals surface area contributed by atoms with Gasteiger partial charge in [-0.1, -0.05) is 20.8 Å². The third-order valence-electron chi connectivity index (χ3n) is 6.16. The molecule has 48 heavy (non-hydrogen) atoms. The molecule has 0 amide bonds. The zero-order chi connectivity index (χ0) is 35.3. The molecule has 0 aromatic heterocycles. The van der Waals surface area contributed by atoms with Gasteiger partial charge in [-0.25, -0.2) is 26.3 Å². The summed E-state index contributed by atoms with van der Waals surface area (Å²) < 4.78 is 124. The molecular formula is C34H41F7O7. The highest BCUT2D eigenvalue weighted by molar-refractivity contribution is 5.78. The molecule has 0 saturated heterocycles. The van der Waals surface area contributed by atoms with Crippen LogP contribution in [0.4, 0.5) is 30.9 Å². The molecule has 3 rings (SSSR count). The maximum Gasteiger partial charge on any atom is 0.194 e. The van der Waals surface area contributed by atoms with Gasteiger partial charge in [0.15, 0.2) is 23.2 Å². The minimum Gasteiger partial charge on any atom is -0.491 e. The van der Waals surface area contributed by atoms with Crippen molar-refractivity contribution in [2.75, 3.05) is 59.5 Å². The normalized spacial score (nSPS) is 10.8. The molecule has 3 aromatic carbocycles. The number of hydrogen-bond donors (Lipinski definition) is 0. The lowest BCUT2D eigenvalue weighted by Gasteiger charge is -2.19. The quantitative estimate of drug-likeness (QED) is 0.0627. The zero-order valence-corrected chi connectivity index (χ0v) is 27.2. The van der Waals surface area contributed by atoms with E-state index in [0.29, 0.717) is 81.2 Å². The molecular weight excluding hydrogens is 653 g/mol. The maximum absolute atomic E-state index is 14.6. The van der Waals surface area contributed by atoms with Crippen molar-refractivity contribution >= 4 is 0 Å². The zero-order valence-electron chi connectivity index (χ0n) is 27.2. The average Bonchev–Trinajstić information content (AvgIpc) is 3.06. The lowest BCUT2D eigenvalue weighted by molar-refractivity contribution is -0.00711. The van der Waals surface area contributed by atoms with Crippen molar-refractivity contribution in [3.63, 3.8) is 0 Å². The van der Waals surface area contributed by atoms with Crippen LogP contribution in [-0.2, 0) is 20.9 Å². The predicted molar refractivity (Wildman–Crippen MR) is 164 cm³/mol. The van der Waals surface area contributed by atoms with Gasteiger partial charge >= 0.3 is 0 Å². The Morgan fingerprint density at radius 1 is 0.500 bits per heavy atom. The van der Waals surface area contributed by atoms with E-state index in [-0.39, 0.29) is 18.8 Å². The largest absolute Gasteiger partial charge is 0.491 e. The second-order valence-electron chi connectivity index (χ2n) is 10.0. The third kappa shape index (κ3) is 13.4. The first-order valence-electron chi connectivity index (χ1n) is 15.5. The molecule has 0 fully saturated rings. The molecule has 0 atom stereocenters. The van der Waals surface area contributed by atoms with E-state index in [1.807, 2.05) is 20.8 Å². The SMILES string of the molecule is CCCOCCOc1cc(OCCOCCC)c(-c2cc(F)c(CF)c(F)c2)c(OCCOCCC)c1.FOc1cc(F)c(F)c(F)c1. The lowest BCUT2D eigenvalue weighted by Crippen LogP contribution is -2.11. The molecule has 7 nitrogen and oxygen atoms in total. The first-order valence-corrected chi connectivity index (χ1v) is 15.5. The van der Waals surface area contributed by atoms with Crippen molar-refractivity contribution in [3.05, 3.63) is 71.0 Å². The van der Waals surface area contributed by atoms with Crippen LogP contribution in [0.3, 0.4) is 0 Å². The number of hydrogen-bond acceptors (Lipinski definition) is 7. The fourth-order valence-corrected chi connectivity index (χ4v) is 3.99. The maximum atomic E-state index is 14.6. The van der Waals surface area contributed by atoms with Crippen LogP contribution < -0.4 is 19.2 Å². The summed E-state index contributed by atoms with van der Waals surface area (Å²) in [5.41, 5.74) is -0.149. The van der Waals surface area contributed by atoms with Gasteiger partial charge in [0.05, 0.1) is 30.9 Å². The van der Waals surface area contributed by atoms with Gasteiger partial charge in [0, 0.05) is 48.6 Å². The molecule has 0 radical (unpaired) electrons. The summed E-state index contributed by atoms with van der Waals surface area (Å²) in [6, 6.07) is 6.22. The Morgan fingerprint density at radius 3 is 1.33 bits per heavy atom. The number of ether oxygens (including phenoxy) is 6. The highest BCUT2D eigenvalue weighted by Gasteiger charge is 2.21. The van der Waals surface area contributed by atoms with Gasteiger partial charge in [-0.3, -0.25) is 4.94 Å². The molecule has 0 aliphatic rings. The van der Waals surface area contributed by atoms with E-state index in [4.69, 9.17) is 28.4 Å². The number of halogens is 7. The molecule has 14 heteroatoms. The first-order chi connectivity index (χ1) is 23.2. The molecule has 0 saturated carbocycles. The summed E-state index contributed by atoms with van der Waals surface area (Å²) in [5, 5.41) is 0. The fourth-order valence-electron chi connectivity index (χ4n) is 3.99. The molecule has 0 N–H and O–H groups in total. The van der Waals surface area contributed by atoms with Gasteiger partial charge in [-0.05, 0) is 37.0 Å². The van der Waals surface area contributed by atoms with Crippen LogP contribution in [0.25, 0.3) is 11.1 Å². The van der Waals surface area contributed by atoms with Gasteiger partial charge < -0.3 is 28.4 Å². The Morgan fingerprint density at radius 2 is 0.938 bits per heavy atom. The van der Waals surface area contributed by atoms with Crippen molar-refractivity contribution in [2.45, 2.75) is 46.7 Å². The van der Waals surface area contributed by atoms with Crippen LogP contribution in [0.5, 0.6) is 23.0 Å². The summed E-state index contributed by atoms with van der Waals surface area (Å²) >= 11 is 0. The molecule has 0 aliphatic carbocycles. The molecule has 0 heterocycles. The number of benzene rings is 3. The molecule has 3 aromatic rings. The fraction of sp³-hybridized carbons (Fsp3) is 0.471. The van der Waals surface area contributed by atoms with Gasteiger partial charge in [-0.15, -0.1) is 0 Å². The Hall–Kier alpha value is -3.75. The first kappa shape index (κ1) is 40.4. The van der Waals surface area contributed by atoms with Crippen molar-refractivity contribution < 1.29 is 64.2 Å². The van der Waals surface area contributed by atoms with Crippen LogP contribution >= 0.6 is 0 Å². The molecule has 0 bridgehead atoms. The Labute approximate surface area is 275 Å². The summed E-state index contributed by atoms with van der Waals surface area (Å²) in [4.78, 5) is 2.98. The summed E-state index contributed by atoms with van der Waals surface area (Å²) in [5.74, 6) is -6.27. The minimum atomic E-state index is -1.65. The lowest BCUT2D eigenvalue weighted by atomic mass is 10.0. The summed E-state index contributed by atoms with van der Waals surface area (Å²) in [6.07, 6.45) is 2.64. The van der Waals surface area contributed by atoms with Gasteiger partial charge in [0.25, 0.3) is 0 Å². The Kier molecular flexibility index (Phi) is 19.2. The van der Waals surface area contributed by atoms with Crippen LogP contribution in [0.2, 0.25) is 0 Å². The van der Waals surface area contributed by atoms with Crippen LogP contribution in [0.1, 0.15) is 45.6 Å². The van der Waals surface area contributed by atoms with Crippen molar-refractivity contribution in [1.82, 2.24) is 0 Å². The highest BCUT2D eigenvalue weighted by Crippen LogP contribution is 2.43. The highest BCUT2D eigenvalue weighted by atomic mass is 19.3. The van der Waals surface area contributed by atoms with E-state index in [1.165, 1.54) is 0 Å². The summed E-state index contributed by atoms with van der Waals surface area (Å²) in [7, 11) is 0. The third-order valence-corrected chi connectivity index (χ3v) is 6.16. The van der Waals surface area contributed by atoms with E-state index in [0.717, 1.165) is 31.4 Å². The van der Waals surface area contributed by atoms with Crippen molar-refractivity contribution in [1.29, 1.82) is 0 Å². The smallest absolute Gasteiger partial charge is 0.194 e. The molecule has 0 aliphatic heterocycles. The standard InChI is InChI=1S/C28H39F3O6.C6H2F4O/c1-4-7-32-10-13-35-22-18-26(36-14-11-33-8-5-2)28(27(19-22)37-15-12-34-9-6-3)21-16-24(30)23(20-29)25(31)17-21;7-4-1-3(11-10)2-5(8)6(4)9/h16-19H,4-15,20H2,1-3H3;1-2H. The second kappa shape index (κ2) is 22.8. The Bertz CT molecular complexity index is 1300. The van der Waals surface area contributed by atoms with Crippen molar-refractivity contribution in [2.24, 2.45) is 0 Å². The van der Waals surface area contributed by atoms with Crippen LogP contribution in [0.15, 0.2) is 36.4 Å². The Balaban J connectivity index is 0.000000613. The van der Waals surface area contributed by atoms with Crippen LogP contribution in [0, 0.1) is 29.1 Å². The number of rotatable bonds is 21. The van der Waals surface area contributed by atoms with E-state index in [1.54, 1.807) is 12.1 Å². The monoisotopic (exact) mass is 694 g/mol.